The number of rotatable bonds is 4. The lowest BCUT2D eigenvalue weighted by Crippen LogP contribution is -2.13. The summed E-state index contributed by atoms with van der Waals surface area (Å²) in [6.07, 6.45) is 3.14. The number of halogens is 1. The summed E-state index contributed by atoms with van der Waals surface area (Å²) >= 11 is 6.87. The van der Waals surface area contributed by atoms with E-state index in [0.29, 0.717) is 21.5 Å². The predicted octanol–water partition coefficient (Wildman–Crippen LogP) is 3.01. The zero-order chi connectivity index (χ0) is 15.6. The number of hydrogen-bond donors (Lipinski definition) is 1. The molecule has 1 aromatic carbocycles. The molecule has 1 heterocycles. The Morgan fingerprint density at radius 3 is 2.67 bits per heavy atom. The second-order valence-corrected chi connectivity index (χ2v) is 8.02. The van der Waals surface area contributed by atoms with Gasteiger partial charge in [-0.15, -0.1) is 0 Å². The SMILES string of the molecule is CCc1ccc(C(=O)Nc2ncc(Cl)s2)cc1S(C)(=O)=O. The minimum Gasteiger partial charge on any atom is -0.298 e. The van der Waals surface area contributed by atoms with Gasteiger partial charge in [0.1, 0.15) is 4.34 Å². The van der Waals surface area contributed by atoms with Crippen LogP contribution in [0.1, 0.15) is 22.8 Å². The van der Waals surface area contributed by atoms with E-state index in [1.54, 1.807) is 12.1 Å². The normalized spacial score (nSPS) is 11.4. The maximum atomic E-state index is 12.1. The number of benzene rings is 1. The molecule has 1 N–H and O–H groups in total. The monoisotopic (exact) mass is 344 g/mol. The molecule has 0 saturated carbocycles. The number of carbonyl (C=O) groups is 1. The van der Waals surface area contributed by atoms with E-state index >= 15 is 0 Å². The number of nitrogens with zero attached hydrogens (tertiary/aromatic N) is 1. The molecule has 8 heteroatoms. The minimum absolute atomic E-state index is 0.176. The van der Waals surface area contributed by atoms with Gasteiger partial charge in [-0.1, -0.05) is 35.9 Å². The summed E-state index contributed by atoms with van der Waals surface area (Å²) in [5.41, 5.74) is 0.949. The molecule has 0 aliphatic carbocycles. The van der Waals surface area contributed by atoms with E-state index in [9.17, 15) is 13.2 Å². The summed E-state index contributed by atoms with van der Waals surface area (Å²) < 4.78 is 24.0. The standard InChI is InChI=1S/C13H13ClN2O3S2/c1-3-8-4-5-9(6-10(8)21(2,18)19)12(17)16-13-15-7-11(14)20-13/h4-7H,3H2,1-2H3,(H,15,16,17). The number of aryl methyl sites for hydroxylation is 1. The van der Waals surface area contributed by atoms with Gasteiger partial charge in [-0.05, 0) is 24.1 Å². The lowest BCUT2D eigenvalue weighted by Gasteiger charge is -2.08. The highest BCUT2D eigenvalue weighted by Gasteiger charge is 2.16. The van der Waals surface area contributed by atoms with Crippen LogP contribution in [0, 0.1) is 0 Å². The average molecular weight is 345 g/mol. The maximum absolute atomic E-state index is 12.1. The predicted molar refractivity (Wildman–Crippen MR) is 84.0 cm³/mol. The number of anilines is 1. The van der Waals surface area contributed by atoms with E-state index in [1.165, 1.54) is 12.3 Å². The fourth-order valence-corrected chi connectivity index (χ4v) is 3.65. The molecular formula is C13H13ClN2O3S2. The molecule has 1 amide bonds. The Bertz CT molecular complexity index is 784. The first kappa shape index (κ1) is 15.9. The molecule has 0 aliphatic heterocycles. The molecule has 112 valence electrons. The summed E-state index contributed by atoms with van der Waals surface area (Å²) in [5, 5.41) is 2.95. The molecule has 2 aromatic rings. The van der Waals surface area contributed by atoms with Crippen LogP contribution in [0.3, 0.4) is 0 Å². The lowest BCUT2D eigenvalue weighted by atomic mass is 10.1. The molecule has 0 spiro atoms. The highest BCUT2D eigenvalue weighted by atomic mass is 35.5. The number of hydrogen-bond acceptors (Lipinski definition) is 5. The first-order chi connectivity index (χ1) is 9.81. The zero-order valence-electron chi connectivity index (χ0n) is 11.4. The number of amides is 1. The van der Waals surface area contributed by atoms with Gasteiger partial charge in [0.15, 0.2) is 15.0 Å². The molecule has 1 aromatic heterocycles. The molecule has 21 heavy (non-hydrogen) atoms. The fraction of sp³-hybridized carbons (Fsp3) is 0.231. The highest BCUT2D eigenvalue weighted by molar-refractivity contribution is 7.90. The van der Waals surface area contributed by atoms with Gasteiger partial charge >= 0.3 is 0 Å². The van der Waals surface area contributed by atoms with E-state index in [0.717, 1.165) is 17.6 Å². The largest absolute Gasteiger partial charge is 0.298 e. The third-order valence-corrected chi connectivity index (χ3v) is 5.02. The van der Waals surface area contributed by atoms with Crippen molar-refractivity contribution in [2.45, 2.75) is 18.2 Å². The van der Waals surface area contributed by atoms with Crippen LogP contribution in [0.25, 0.3) is 0 Å². The third-order valence-electron chi connectivity index (χ3n) is 2.81. The first-order valence-corrected chi connectivity index (χ1v) is 9.15. The number of sulfone groups is 1. The van der Waals surface area contributed by atoms with Crippen molar-refractivity contribution in [1.82, 2.24) is 4.98 Å². The Labute approximate surface area is 131 Å². The van der Waals surface area contributed by atoms with E-state index < -0.39 is 15.7 Å². The van der Waals surface area contributed by atoms with Crippen LogP contribution in [-0.2, 0) is 16.3 Å². The molecular weight excluding hydrogens is 332 g/mol. The smallest absolute Gasteiger partial charge is 0.257 e. The Kier molecular flexibility index (Phi) is 4.65. The van der Waals surface area contributed by atoms with Crippen molar-refractivity contribution in [2.24, 2.45) is 0 Å². The molecule has 0 bridgehead atoms. The van der Waals surface area contributed by atoms with E-state index in [4.69, 9.17) is 11.6 Å². The Hall–Kier alpha value is -1.44. The average Bonchev–Trinajstić information content (AvgIpc) is 2.82. The number of thiazole rings is 1. The van der Waals surface area contributed by atoms with Gasteiger partial charge in [0.2, 0.25) is 0 Å². The maximum Gasteiger partial charge on any atom is 0.257 e. The van der Waals surface area contributed by atoms with Crippen molar-refractivity contribution in [2.75, 3.05) is 11.6 Å². The van der Waals surface area contributed by atoms with Gasteiger partial charge < -0.3 is 0 Å². The van der Waals surface area contributed by atoms with Crippen molar-refractivity contribution >= 4 is 43.8 Å². The summed E-state index contributed by atoms with van der Waals surface area (Å²) in [6, 6.07) is 4.64. The minimum atomic E-state index is -3.38. The molecule has 0 fully saturated rings. The van der Waals surface area contributed by atoms with Crippen LogP contribution in [0.4, 0.5) is 5.13 Å². The number of aromatic nitrogens is 1. The molecule has 5 nitrogen and oxygen atoms in total. The number of carbonyl (C=O) groups excluding carboxylic acids is 1. The van der Waals surface area contributed by atoms with Crippen LogP contribution in [0.5, 0.6) is 0 Å². The lowest BCUT2D eigenvalue weighted by molar-refractivity contribution is 0.102. The van der Waals surface area contributed by atoms with Gasteiger partial charge in [-0.25, -0.2) is 13.4 Å². The van der Waals surface area contributed by atoms with Crippen LogP contribution >= 0.6 is 22.9 Å². The van der Waals surface area contributed by atoms with Crippen molar-refractivity contribution in [3.05, 3.63) is 39.9 Å². The topological polar surface area (TPSA) is 76.1 Å². The second kappa shape index (κ2) is 6.13. The summed E-state index contributed by atoms with van der Waals surface area (Å²) in [5.74, 6) is -0.423. The number of nitrogens with one attached hydrogen (secondary N) is 1. The Morgan fingerprint density at radius 2 is 2.14 bits per heavy atom. The Balaban J connectivity index is 2.34. The molecule has 0 radical (unpaired) electrons. The third kappa shape index (κ3) is 3.81. The fourth-order valence-electron chi connectivity index (χ4n) is 1.81. The van der Waals surface area contributed by atoms with Crippen LogP contribution in [-0.4, -0.2) is 25.6 Å². The summed E-state index contributed by atoms with van der Waals surface area (Å²) in [4.78, 5) is 16.2. The molecule has 0 saturated heterocycles. The van der Waals surface area contributed by atoms with Gasteiger partial charge in [0.05, 0.1) is 11.1 Å². The summed E-state index contributed by atoms with van der Waals surface area (Å²) in [7, 11) is -3.38. The van der Waals surface area contributed by atoms with Crippen molar-refractivity contribution in [1.29, 1.82) is 0 Å². The molecule has 0 unspecified atom stereocenters. The van der Waals surface area contributed by atoms with Gasteiger partial charge in [-0.3, -0.25) is 10.1 Å². The van der Waals surface area contributed by atoms with Crippen molar-refractivity contribution in [3.8, 4) is 0 Å². The van der Waals surface area contributed by atoms with Gasteiger partial charge in [-0.2, -0.15) is 0 Å². The van der Waals surface area contributed by atoms with E-state index in [-0.39, 0.29) is 10.5 Å². The van der Waals surface area contributed by atoms with Crippen molar-refractivity contribution < 1.29 is 13.2 Å². The van der Waals surface area contributed by atoms with Gasteiger partial charge in [0, 0.05) is 11.8 Å². The van der Waals surface area contributed by atoms with Crippen LogP contribution < -0.4 is 5.32 Å². The van der Waals surface area contributed by atoms with Crippen LogP contribution in [0.15, 0.2) is 29.3 Å². The quantitative estimate of drug-likeness (QED) is 0.925. The molecule has 0 aliphatic rings. The second-order valence-electron chi connectivity index (χ2n) is 4.37. The highest BCUT2D eigenvalue weighted by Crippen LogP contribution is 2.24. The molecule has 2 rings (SSSR count). The zero-order valence-corrected chi connectivity index (χ0v) is 13.8. The van der Waals surface area contributed by atoms with Crippen molar-refractivity contribution in [3.63, 3.8) is 0 Å². The van der Waals surface area contributed by atoms with Crippen LogP contribution in [0.2, 0.25) is 4.34 Å². The molecule has 0 atom stereocenters. The first-order valence-electron chi connectivity index (χ1n) is 6.07. The van der Waals surface area contributed by atoms with E-state index in [1.807, 2.05) is 6.92 Å². The van der Waals surface area contributed by atoms with E-state index in [2.05, 4.69) is 10.3 Å². The Morgan fingerprint density at radius 1 is 1.43 bits per heavy atom. The van der Waals surface area contributed by atoms with Gasteiger partial charge in [0.25, 0.3) is 5.91 Å². The summed E-state index contributed by atoms with van der Waals surface area (Å²) in [6.45, 7) is 1.86.